The molecular formula is C12H8BrCl2NO2. The molecule has 0 unspecified atom stereocenters. The van der Waals surface area contributed by atoms with Gasteiger partial charge in [0.25, 0.3) is 0 Å². The van der Waals surface area contributed by atoms with E-state index in [4.69, 9.17) is 27.9 Å². The van der Waals surface area contributed by atoms with Crippen LogP contribution in [0.15, 0.2) is 22.8 Å². The van der Waals surface area contributed by atoms with Crippen molar-refractivity contribution in [3.63, 3.8) is 0 Å². The maximum Gasteiger partial charge on any atom is 0.341 e. The molecule has 0 saturated heterocycles. The van der Waals surface area contributed by atoms with E-state index in [1.807, 2.05) is 0 Å². The summed E-state index contributed by atoms with van der Waals surface area (Å²) in [7, 11) is 0. The standard InChI is InChI=1S/C12H8BrCl2NO2/c1-2-18-12(17)7-5-16-10-4-9(14)8(13)3-6(10)11(7)15/h3-5H,2H2,1H3. The summed E-state index contributed by atoms with van der Waals surface area (Å²) in [5.41, 5.74) is 0.876. The van der Waals surface area contributed by atoms with Crippen molar-refractivity contribution in [1.29, 1.82) is 0 Å². The van der Waals surface area contributed by atoms with Crippen molar-refractivity contribution >= 4 is 56.0 Å². The quantitative estimate of drug-likeness (QED) is 0.751. The number of aromatic nitrogens is 1. The first-order valence-corrected chi connectivity index (χ1v) is 6.70. The molecule has 0 amide bonds. The average Bonchev–Trinajstić information content (AvgIpc) is 2.32. The Morgan fingerprint density at radius 3 is 2.83 bits per heavy atom. The van der Waals surface area contributed by atoms with E-state index >= 15 is 0 Å². The summed E-state index contributed by atoms with van der Waals surface area (Å²) < 4.78 is 5.61. The molecule has 2 aromatic rings. The summed E-state index contributed by atoms with van der Waals surface area (Å²) in [6, 6.07) is 3.41. The second-order valence-corrected chi connectivity index (χ2v) is 5.13. The SMILES string of the molecule is CCOC(=O)c1cnc2cc(Cl)c(Br)cc2c1Cl. The Bertz CT molecular complexity index is 631. The van der Waals surface area contributed by atoms with E-state index in [1.165, 1.54) is 6.20 Å². The Morgan fingerprint density at radius 1 is 1.44 bits per heavy atom. The summed E-state index contributed by atoms with van der Waals surface area (Å²) >= 11 is 15.5. The third-order valence-corrected chi connectivity index (χ3v) is 3.94. The van der Waals surface area contributed by atoms with Gasteiger partial charge < -0.3 is 4.74 Å². The summed E-state index contributed by atoms with van der Waals surface area (Å²) in [5.74, 6) is -0.483. The molecular weight excluding hydrogens is 341 g/mol. The normalized spacial score (nSPS) is 10.7. The molecule has 0 N–H and O–H groups in total. The molecule has 0 fully saturated rings. The molecule has 0 aliphatic heterocycles. The lowest BCUT2D eigenvalue weighted by molar-refractivity contribution is 0.0526. The molecule has 0 saturated carbocycles. The Balaban J connectivity index is 2.63. The summed E-state index contributed by atoms with van der Waals surface area (Å²) in [6.07, 6.45) is 1.40. The van der Waals surface area contributed by atoms with E-state index in [1.54, 1.807) is 19.1 Å². The van der Waals surface area contributed by atoms with Gasteiger partial charge in [0.2, 0.25) is 0 Å². The fourth-order valence-corrected chi connectivity index (χ4v) is 2.28. The van der Waals surface area contributed by atoms with Gasteiger partial charge in [-0.15, -0.1) is 0 Å². The molecule has 6 heteroatoms. The first-order valence-electron chi connectivity index (χ1n) is 5.15. The lowest BCUT2D eigenvalue weighted by Crippen LogP contribution is -2.06. The van der Waals surface area contributed by atoms with Crippen LogP contribution in [-0.4, -0.2) is 17.6 Å². The molecule has 0 radical (unpaired) electrons. The highest BCUT2D eigenvalue weighted by Gasteiger charge is 2.15. The number of rotatable bonds is 2. The van der Waals surface area contributed by atoms with E-state index < -0.39 is 5.97 Å². The van der Waals surface area contributed by atoms with Gasteiger partial charge in [-0.1, -0.05) is 23.2 Å². The molecule has 18 heavy (non-hydrogen) atoms. The van der Waals surface area contributed by atoms with E-state index in [-0.39, 0.29) is 12.2 Å². The van der Waals surface area contributed by atoms with Crippen LogP contribution in [0.4, 0.5) is 0 Å². The number of carbonyl (C=O) groups is 1. The highest BCUT2D eigenvalue weighted by Crippen LogP contribution is 2.32. The largest absolute Gasteiger partial charge is 0.462 e. The molecule has 1 aromatic heterocycles. The van der Waals surface area contributed by atoms with Gasteiger partial charge in [-0.25, -0.2) is 4.79 Å². The van der Waals surface area contributed by atoms with Crippen LogP contribution in [0.5, 0.6) is 0 Å². The third kappa shape index (κ3) is 2.46. The average molecular weight is 349 g/mol. The van der Waals surface area contributed by atoms with Gasteiger partial charge in [0.05, 0.1) is 27.7 Å². The number of carbonyl (C=O) groups excluding carboxylic acids is 1. The van der Waals surface area contributed by atoms with E-state index in [9.17, 15) is 4.79 Å². The van der Waals surface area contributed by atoms with Crippen LogP contribution >= 0.6 is 39.1 Å². The van der Waals surface area contributed by atoms with Crippen LogP contribution < -0.4 is 0 Å². The van der Waals surface area contributed by atoms with E-state index in [0.29, 0.717) is 25.4 Å². The van der Waals surface area contributed by atoms with Gasteiger partial charge in [0, 0.05) is 16.1 Å². The molecule has 0 spiro atoms. The molecule has 94 valence electrons. The predicted octanol–water partition coefficient (Wildman–Crippen LogP) is 4.48. The Kier molecular flexibility index (Phi) is 4.10. The second-order valence-electron chi connectivity index (χ2n) is 3.49. The zero-order valence-electron chi connectivity index (χ0n) is 9.34. The van der Waals surface area contributed by atoms with Crippen molar-refractivity contribution in [2.75, 3.05) is 6.61 Å². The minimum absolute atomic E-state index is 0.250. The number of halogens is 3. The lowest BCUT2D eigenvalue weighted by atomic mass is 10.1. The zero-order valence-corrected chi connectivity index (χ0v) is 12.4. The Hall–Kier alpha value is -0.840. The smallest absolute Gasteiger partial charge is 0.341 e. The van der Waals surface area contributed by atoms with Gasteiger partial charge in [-0.3, -0.25) is 4.98 Å². The number of pyridine rings is 1. The van der Waals surface area contributed by atoms with Crippen molar-refractivity contribution in [1.82, 2.24) is 4.98 Å². The maximum atomic E-state index is 11.7. The maximum absolute atomic E-state index is 11.7. The van der Waals surface area contributed by atoms with Crippen molar-refractivity contribution in [2.24, 2.45) is 0 Å². The lowest BCUT2D eigenvalue weighted by Gasteiger charge is -2.07. The van der Waals surface area contributed by atoms with Crippen molar-refractivity contribution in [3.05, 3.63) is 38.4 Å². The number of hydrogen-bond acceptors (Lipinski definition) is 3. The van der Waals surface area contributed by atoms with Crippen molar-refractivity contribution < 1.29 is 9.53 Å². The van der Waals surface area contributed by atoms with Gasteiger partial charge in [0.1, 0.15) is 0 Å². The summed E-state index contributed by atoms with van der Waals surface area (Å²) in [5, 5.41) is 1.50. The van der Waals surface area contributed by atoms with E-state index in [0.717, 1.165) is 0 Å². The van der Waals surface area contributed by atoms with Crippen LogP contribution in [0.2, 0.25) is 10.0 Å². The number of benzene rings is 1. The predicted molar refractivity (Wildman–Crippen MR) is 75.4 cm³/mol. The van der Waals surface area contributed by atoms with Gasteiger partial charge in [-0.05, 0) is 35.0 Å². The van der Waals surface area contributed by atoms with Crippen LogP contribution in [-0.2, 0) is 4.74 Å². The molecule has 1 heterocycles. The molecule has 2 rings (SSSR count). The van der Waals surface area contributed by atoms with Crippen LogP contribution in [0, 0.1) is 0 Å². The molecule has 3 nitrogen and oxygen atoms in total. The minimum atomic E-state index is -0.483. The fourth-order valence-electron chi connectivity index (χ4n) is 1.51. The minimum Gasteiger partial charge on any atom is -0.462 e. The van der Waals surface area contributed by atoms with Crippen molar-refractivity contribution in [3.8, 4) is 0 Å². The number of hydrogen-bond donors (Lipinski definition) is 0. The highest BCUT2D eigenvalue weighted by molar-refractivity contribution is 9.10. The van der Waals surface area contributed by atoms with Crippen LogP contribution in [0.3, 0.4) is 0 Å². The topological polar surface area (TPSA) is 39.2 Å². The molecule has 0 aliphatic rings. The van der Waals surface area contributed by atoms with E-state index in [2.05, 4.69) is 20.9 Å². The number of esters is 1. The number of fused-ring (bicyclic) bond motifs is 1. The number of nitrogens with zero attached hydrogens (tertiary/aromatic N) is 1. The van der Waals surface area contributed by atoms with Crippen molar-refractivity contribution in [2.45, 2.75) is 6.92 Å². The third-order valence-electron chi connectivity index (χ3n) is 2.34. The molecule has 1 aromatic carbocycles. The van der Waals surface area contributed by atoms with Gasteiger partial charge in [-0.2, -0.15) is 0 Å². The number of ether oxygens (including phenoxy) is 1. The molecule has 0 aliphatic carbocycles. The zero-order chi connectivity index (χ0) is 13.3. The molecule has 0 bridgehead atoms. The Labute approximate surface area is 122 Å². The second kappa shape index (κ2) is 5.43. The monoisotopic (exact) mass is 347 g/mol. The van der Waals surface area contributed by atoms with Crippen LogP contribution in [0.25, 0.3) is 10.9 Å². The summed E-state index contributed by atoms with van der Waals surface area (Å²) in [6.45, 7) is 2.02. The first kappa shape index (κ1) is 13.6. The summed E-state index contributed by atoms with van der Waals surface area (Å²) in [4.78, 5) is 15.8. The first-order chi connectivity index (χ1) is 8.54. The van der Waals surface area contributed by atoms with Crippen LogP contribution in [0.1, 0.15) is 17.3 Å². The van der Waals surface area contributed by atoms with Gasteiger partial charge in [0.15, 0.2) is 0 Å². The Morgan fingerprint density at radius 2 is 2.17 bits per heavy atom. The fraction of sp³-hybridized carbons (Fsp3) is 0.167. The van der Waals surface area contributed by atoms with Gasteiger partial charge >= 0.3 is 5.97 Å². The highest BCUT2D eigenvalue weighted by atomic mass is 79.9. The molecule has 0 atom stereocenters.